The second-order valence-electron chi connectivity index (χ2n) is 5.70. The maximum Gasteiger partial charge on any atom is 0.303 e. The molecule has 0 aliphatic rings. The van der Waals surface area contributed by atoms with Gasteiger partial charge in [0.2, 0.25) is 0 Å². The fourth-order valence-corrected chi connectivity index (χ4v) is 2.08. The quantitative estimate of drug-likeness (QED) is 0.265. The van der Waals surface area contributed by atoms with Crippen molar-refractivity contribution in [3.63, 3.8) is 0 Å². The number of unbranched alkanes of at least 4 members (excludes halogenated alkanes) is 3. The van der Waals surface area contributed by atoms with Crippen LogP contribution in [0.15, 0.2) is 60.8 Å². The Morgan fingerprint density at radius 2 is 1.12 bits per heavy atom. The number of carboxylic acid groups (broad SMARTS) is 1. The summed E-state index contributed by atoms with van der Waals surface area (Å²) < 4.78 is 0. The van der Waals surface area contributed by atoms with E-state index in [-0.39, 0.29) is 0 Å². The van der Waals surface area contributed by atoms with Gasteiger partial charge in [-0.3, -0.25) is 4.79 Å². The van der Waals surface area contributed by atoms with Crippen molar-refractivity contribution in [2.45, 2.75) is 71.1 Å². The highest BCUT2D eigenvalue weighted by Crippen LogP contribution is 2.04. The van der Waals surface area contributed by atoms with Gasteiger partial charge in [0.1, 0.15) is 0 Å². The van der Waals surface area contributed by atoms with Crippen LogP contribution in [0, 0.1) is 0 Å². The molecule has 134 valence electrons. The minimum atomic E-state index is -0.690. The summed E-state index contributed by atoms with van der Waals surface area (Å²) >= 11 is 0. The monoisotopic (exact) mass is 330 g/mol. The van der Waals surface area contributed by atoms with Crippen LogP contribution >= 0.6 is 0 Å². The van der Waals surface area contributed by atoms with Crippen LogP contribution in [0.25, 0.3) is 0 Å². The third-order valence-corrected chi connectivity index (χ3v) is 3.42. The zero-order valence-electron chi connectivity index (χ0n) is 15.2. The third-order valence-electron chi connectivity index (χ3n) is 3.42. The summed E-state index contributed by atoms with van der Waals surface area (Å²) in [5, 5.41) is 8.52. The lowest BCUT2D eigenvalue weighted by molar-refractivity contribution is -0.137. The summed E-state index contributed by atoms with van der Waals surface area (Å²) in [6, 6.07) is 0. The minimum absolute atomic E-state index is 0.297. The standard InChI is InChI=1S/C22H34O2/c1-2-3-4-5-6-7-8-9-10-11-12-13-14-15-16-17-18-19-20-21-22(23)24/h3-4,6-7,9-10,12-13,15-16H,2,5,8,11,14,17-21H2,1H3,(H,23,24)/b4-3+,7-6?,10-9?,13-12?,16-15?. The summed E-state index contributed by atoms with van der Waals surface area (Å²) in [4.78, 5) is 10.3. The fourth-order valence-electron chi connectivity index (χ4n) is 2.08. The van der Waals surface area contributed by atoms with Crippen molar-refractivity contribution in [1.29, 1.82) is 0 Å². The molecule has 0 aliphatic carbocycles. The Balaban J connectivity index is 3.42. The van der Waals surface area contributed by atoms with Crippen molar-refractivity contribution in [3.8, 4) is 0 Å². The van der Waals surface area contributed by atoms with Crippen LogP contribution in [0.1, 0.15) is 71.1 Å². The molecule has 1 N–H and O–H groups in total. The van der Waals surface area contributed by atoms with Crippen LogP contribution in [-0.4, -0.2) is 11.1 Å². The van der Waals surface area contributed by atoms with Crippen molar-refractivity contribution < 1.29 is 9.90 Å². The van der Waals surface area contributed by atoms with E-state index in [1.54, 1.807) is 0 Å². The molecule has 0 aromatic heterocycles. The molecule has 24 heavy (non-hydrogen) atoms. The Kier molecular flexibility index (Phi) is 17.8. The summed E-state index contributed by atoms with van der Waals surface area (Å²) in [7, 11) is 0. The Labute approximate surface area is 148 Å². The molecular weight excluding hydrogens is 296 g/mol. The SMILES string of the molecule is CC/C=C/CC=CCC=CCC=CCC=CCCCCCC(=O)O. The number of rotatable bonds is 15. The highest BCUT2D eigenvalue weighted by molar-refractivity contribution is 5.66. The minimum Gasteiger partial charge on any atom is -0.481 e. The van der Waals surface area contributed by atoms with E-state index < -0.39 is 5.97 Å². The fraction of sp³-hybridized carbons (Fsp3) is 0.500. The Bertz CT molecular complexity index is 425. The second kappa shape index (κ2) is 19.2. The smallest absolute Gasteiger partial charge is 0.303 e. The molecule has 0 aromatic rings. The van der Waals surface area contributed by atoms with Crippen LogP contribution in [0.5, 0.6) is 0 Å². The predicted octanol–water partition coefficient (Wildman–Crippen LogP) is 6.77. The first-order valence-electron chi connectivity index (χ1n) is 9.24. The molecule has 0 heterocycles. The maximum atomic E-state index is 10.3. The van der Waals surface area contributed by atoms with E-state index >= 15 is 0 Å². The molecular formula is C22H34O2. The van der Waals surface area contributed by atoms with Gasteiger partial charge in [0.15, 0.2) is 0 Å². The highest BCUT2D eigenvalue weighted by Gasteiger charge is 1.94. The van der Waals surface area contributed by atoms with E-state index in [0.717, 1.165) is 57.8 Å². The van der Waals surface area contributed by atoms with Crippen LogP contribution in [0.2, 0.25) is 0 Å². The van der Waals surface area contributed by atoms with Gasteiger partial charge in [-0.25, -0.2) is 0 Å². The van der Waals surface area contributed by atoms with E-state index in [2.05, 4.69) is 67.7 Å². The Morgan fingerprint density at radius 1 is 0.667 bits per heavy atom. The van der Waals surface area contributed by atoms with Gasteiger partial charge in [-0.2, -0.15) is 0 Å². The van der Waals surface area contributed by atoms with E-state index in [1.165, 1.54) is 0 Å². The predicted molar refractivity (Wildman–Crippen MR) is 105 cm³/mol. The molecule has 0 radical (unpaired) electrons. The van der Waals surface area contributed by atoms with Gasteiger partial charge in [0, 0.05) is 6.42 Å². The molecule has 0 unspecified atom stereocenters. The molecule has 0 rings (SSSR count). The van der Waals surface area contributed by atoms with E-state index in [4.69, 9.17) is 5.11 Å². The largest absolute Gasteiger partial charge is 0.481 e. The molecule has 0 saturated heterocycles. The lowest BCUT2D eigenvalue weighted by Gasteiger charge is -1.94. The number of hydrogen-bond acceptors (Lipinski definition) is 1. The lowest BCUT2D eigenvalue weighted by atomic mass is 10.1. The molecule has 0 bridgehead atoms. The van der Waals surface area contributed by atoms with Crippen molar-refractivity contribution in [2.24, 2.45) is 0 Å². The average Bonchev–Trinajstić information content (AvgIpc) is 2.56. The molecule has 0 atom stereocenters. The normalized spacial score (nSPS) is 12.7. The number of hydrogen-bond donors (Lipinski definition) is 1. The van der Waals surface area contributed by atoms with Crippen LogP contribution in [0.4, 0.5) is 0 Å². The average molecular weight is 331 g/mol. The third kappa shape index (κ3) is 20.2. The number of allylic oxidation sites excluding steroid dienone is 10. The molecule has 0 fully saturated rings. The highest BCUT2D eigenvalue weighted by atomic mass is 16.4. The number of carbonyl (C=O) groups is 1. The Morgan fingerprint density at radius 3 is 1.58 bits per heavy atom. The molecule has 0 aromatic carbocycles. The zero-order valence-corrected chi connectivity index (χ0v) is 15.2. The maximum absolute atomic E-state index is 10.3. The molecule has 0 amide bonds. The summed E-state index contributed by atoms with van der Waals surface area (Å²) in [5.41, 5.74) is 0. The Hall–Kier alpha value is -1.83. The van der Waals surface area contributed by atoms with Gasteiger partial charge < -0.3 is 5.11 Å². The van der Waals surface area contributed by atoms with Crippen molar-refractivity contribution >= 4 is 5.97 Å². The van der Waals surface area contributed by atoms with Gasteiger partial charge in [0.25, 0.3) is 0 Å². The first kappa shape index (κ1) is 22.2. The topological polar surface area (TPSA) is 37.3 Å². The zero-order chi connectivity index (χ0) is 17.7. The van der Waals surface area contributed by atoms with E-state index in [9.17, 15) is 4.79 Å². The van der Waals surface area contributed by atoms with Crippen LogP contribution in [0.3, 0.4) is 0 Å². The van der Waals surface area contributed by atoms with Crippen LogP contribution in [-0.2, 0) is 4.79 Å². The molecule has 0 spiro atoms. The lowest BCUT2D eigenvalue weighted by Crippen LogP contribution is -1.93. The van der Waals surface area contributed by atoms with Crippen molar-refractivity contribution in [3.05, 3.63) is 60.8 Å². The first-order chi connectivity index (χ1) is 11.8. The van der Waals surface area contributed by atoms with Gasteiger partial charge >= 0.3 is 5.97 Å². The van der Waals surface area contributed by atoms with Gasteiger partial charge in [-0.05, 0) is 51.4 Å². The number of aliphatic carboxylic acids is 1. The van der Waals surface area contributed by atoms with Crippen molar-refractivity contribution in [1.82, 2.24) is 0 Å². The van der Waals surface area contributed by atoms with Crippen LogP contribution < -0.4 is 0 Å². The molecule has 2 heteroatoms. The van der Waals surface area contributed by atoms with Crippen molar-refractivity contribution in [2.75, 3.05) is 0 Å². The summed E-state index contributed by atoms with van der Waals surface area (Å²) in [6.45, 7) is 2.15. The summed E-state index contributed by atoms with van der Waals surface area (Å²) in [5.74, 6) is -0.690. The summed E-state index contributed by atoms with van der Waals surface area (Å²) in [6.07, 6.45) is 31.3. The van der Waals surface area contributed by atoms with E-state index in [0.29, 0.717) is 6.42 Å². The molecule has 0 saturated carbocycles. The van der Waals surface area contributed by atoms with Gasteiger partial charge in [0.05, 0.1) is 0 Å². The molecule has 0 aliphatic heterocycles. The van der Waals surface area contributed by atoms with Gasteiger partial charge in [-0.1, -0.05) is 74.1 Å². The number of carboxylic acids is 1. The van der Waals surface area contributed by atoms with Gasteiger partial charge in [-0.15, -0.1) is 0 Å². The second-order valence-corrected chi connectivity index (χ2v) is 5.70. The molecule has 2 nitrogen and oxygen atoms in total. The first-order valence-corrected chi connectivity index (χ1v) is 9.24. The van der Waals surface area contributed by atoms with E-state index in [1.807, 2.05) is 0 Å².